The van der Waals surface area contributed by atoms with E-state index in [1.54, 1.807) is 42.5 Å². The number of hydrogen-bond donors (Lipinski definition) is 2. The minimum Gasteiger partial charge on any atom is -0.480 e. The average Bonchev–Trinajstić information content (AvgIpc) is 2.83. The number of likely N-dealkylation sites (N-methyl/N-ethyl adjacent to an activating group) is 1. The first-order valence-corrected chi connectivity index (χ1v) is 11.7. The Morgan fingerprint density at radius 1 is 1.05 bits per heavy atom. The molecule has 2 N–H and O–H groups in total. The summed E-state index contributed by atoms with van der Waals surface area (Å²) in [6.45, 7) is 0.444. The normalized spacial score (nSPS) is 13.0. The highest BCUT2D eigenvalue weighted by molar-refractivity contribution is 6.01. The maximum absolute atomic E-state index is 14.7. The molecule has 1 aromatic heterocycles. The van der Waals surface area contributed by atoms with Crippen molar-refractivity contribution in [2.24, 2.45) is 7.05 Å². The average molecular weight is 512 g/mol. The molecule has 0 radical (unpaired) electrons. The van der Waals surface area contributed by atoms with E-state index < -0.39 is 34.9 Å². The molecule has 0 fully saturated rings. The number of aliphatic carboxylic acids is 1. The van der Waals surface area contributed by atoms with Crippen LogP contribution in [0.2, 0.25) is 0 Å². The van der Waals surface area contributed by atoms with Gasteiger partial charge in [0.25, 0.3) is 5.56 Å². The van der Waals surface area contributed by atoms with Gasteiger partial charge >= 0.3 is 12.1 Å². The van der Waals surface area contributed by atoms with Crippen molar-refractivity contribution < 1.29 is 23.1 Å². The summed E-state index contributed by atoms with van der Waals surface area (Å²) < 4.78 is 45.4. The van der Waals surface area contributed by atoms with Gasteiger partial charge in [0, 0.05) is 19.0 Å². The van der Waals surface area contributed by atoms with E-state index in [-0.39, 0.29) is 22.9 Å². The van der Waals surface area contributed by atoms with Crippen LogP contribution < -0.4 is 10.9 Å². The Bertz CT molecular complexity index is 1560. The second kappa shape index (κ2) is 9.99. The first-order chi connectivity index (χ1) is 17.4. The third-order valence-electron chi connectivity index (χ3n) is 6.59. The molecule has 0 aliphatic heterocycles. The lowest BCUT2D eigenvalue weighted by Crippen LogP contribution is -2.35. The zero-order valence-corrected chi connectivity index (χ0v) is 21.0. The predicted molar refractivity (Wildman–Crippen MR) is 139 cm³/mol. The smallest absolute Gasteiger partial charge is 0.417 e. The van der Waals surface area contributed by atoms with Gasteiger partial charge in [0.15, 0.2) is 0 Å². The van der Waals surface area contributed by atoms with Crippen LogP contribution >= 0.6 is 0 Å². The molecule has 9 heteroatoms. The molecule has 0 spiro atoms. The lowest BCUT2D eigenvalue weighted by molar-refractivity contribution is -0.139. The van der Waals surface area contributed by atoms with Gasteiger partial charge in [-0.2, -0.15) is 13.2 Å². The molecule has 194 valence electrons. The van der Waals surface area contributed by atoms with E-state index in [1.165, 1.54) is 30.8 Å². The van der Waals surface area contributed by atoms with Crippen molar-refractivity contribution in [1.29, 1.82) is 0 Å². The van der Waals surface area contributed by atoms with Crippen LogP contribution in [0.25, 0.3) is 32.8 Å². The molecule has 4 aromatic rings. The van der Waals surface area contributed by atoms with Crippen LogP contribution in [0, 0.1) is 0 Å². The van der Waals surface area contributed by atoms with Gasteiger partial charge in [-0.15, -0.1) is 0 Å². The molecular formula is C28H28F3N3O3. The summed E-state index contributed by atoms with van der Waals surface area (Å²) in [5, 5.41) is 13.2. The van der Waals surface area contributed by atoms with Gasteiger partial charge in [0.2, 0.25) is 0 Å². The number of carboxylic acid groups (broad SMARTS) is 1. The summed E-state index contributed by atoms with van der Waals surface area (Å²) >= 11 is 0. The number of benzene rings is 3. The lowest BCUT2D eigenvalue weighted by Gasteiger charge is -2.21. The molecule has 0 saturated heterocycles. The molecule has 0 bridgehead atoms. The molecule has 0 amide bonds. The summed E-state index contributed by atoms with van der Waals surface area (Å²) in [6, 6.07) is 13.8. The quantitative estimate of drug-likeness (QED) is 0.378. The van der Waals surface area contributed by atoms with Gasteiger partial charge in [-0.25, -0.2) is 0 Å². The van der Waals surface area contributed by atoms with E-state index in [4.69, 9.17) is 0 Å². The number of aryl methyl sites for hydroxylation is 1. The molecule has 6 nitrogen and oxygen atoms in total. The van der Waals surface area contributed by atoms with Gasteiger partial charge in [0.05, 0.1) is 16.6 Å². The first kappa shape index (κ1) is 26.4. The summed E-state index contributed by atoms with van der Waals surface area (Å²) in [4.78, 5) is 27.0. The molecule has 3 aromatic carbocycles. The number of carbonyl (C=O) groups is 1. The summed E-state index contributed by atoms with van der Waals surface area (Å²) in [5.74, 6) is -1.04. The fourth-order valence-corrected chi connectivity index (χ4v) is 4.91. The van der Waals surface area contributed by atoms with Crippen LogP contribution in [0.3, 0.4) is 0 Å². The number of aromatic nitrogens is 1. The predicted octanol–water partition coefficient (Wildman–Crippen LogP) is 4.65. The van der Waals surface area contributed by atoms with Crippen LogP contribution in [-0.2, 0) is 31.0 Å². The zero-order chi connectivity index (χ0) is 27.1. The van der Waals surface area contributed by atoms with Crippen molar-refractivity contribution >= 4 is 27.6 Å². The largest absolute Gasteiger partial charge is 0.480 e. The van der Waals surface area contributed by atoms with E-state index in [2.05, 4.69) is 5.32 Å². The number of halogens is 3. The van der Waals surface area contributed by atoms with Gasteiger partial charge in [-0.1, -0.05) is 42.5 Å². The molecule has 1 heterocycles. The SMILES string of the molecule is CNC(Cc1cccc2c(-c3c(C(F)(F)F)c4cc(CN(C)C)ccc4n(C)c3=O)cccc12)C(=O)O. The van der Waals surface area contributed by atoms with Gasteiger partial charge in [-0.05, 0) is 67.2 Å². The van der Waals surface area contributed by atoms with Crippen molar-refractivity contribution in [3.05, 3.63) is 81.6 Å². The molecule has 0 aliphatic rings. The molecule has 37 heavy (non-hydrogen) atoms. The van der Waals surface area contributed by atoms with Crippen LogP contribution in [-0.4, -0.2) is 47.7 Å². The van der Waals surface area contributed by atoms with Crippen molar-refractivity contribution in [2.75, 3.05) is 21.1 Å². The lowest BCUT2D eigenvalue weighted by atomic mass is 9.90. The topological polar surface area (TPSA) is 74.6 Å². The Morgan fingerprint density at radius 3 is 2.35 bits per heavy atom. The third kappa shape index (κ3) is 4.97. The van der Waals surface area contributed by atoms with E-state index in [1.807, 2.05) is 19.0 Å². The molecular weight excluding hydrogens is 483 g/mol. The number of rotatable bonds is 7. The minimum absolute atomic E-state index is 0.0433. The van der Waals surface area contributed by atoms with Gasteiger partial charge in [0.1, 0.15) is 6.04 Å². The Kier molecular flexibility index (Phi) is 7.12. The zero-order valence-electron chi connectivity index (χ0n) is 21.0. The van der Waals surface area contributed by atoms with Gasteiger partial charge in [-0.3, -0.25) is 9.59 Å². The maximum Gasteiger partial charge on any atom is 0.417 e. The number of hydrogen-bond acceptors (Lipinski definition) is 4. The van der Waals surface area contributed by atoms with Crippen molar-refractivity contribution in [2.45, 2.75) is 25.2 Å². The molecule has 0 saturated carbocycles. The fraction of sp³-hybridized carbons (Fsp3) is 0.286. The number of pyridine rings is 1. The van der Waals surface area contributed by atoms with Crippen LogP contribution in [0.5, 0.6) is 0 Å². The summed E-state index contributed by atoms with van der Waals surface area (Å²) in [6.07, 6.45) is -4.67. The molecule has 1 unspecified atom stereocenters. The van der Waals surface area contributed by atoms with E-state index in [9.17, 15) is 27.9 Å². The second-order valence-corrected chi connectivity index (χ2v) is 9.40. The monoisotopic (exact) mass is 511 g/mol. The number of fused-ring (bicyclic) bond motifs is 2. The maximum atomic E-state index is 14.7. The Balaban J connectivity index is 2.07. The number of nitrogens with one attached hydrogen (secondary N) is 1. The molecule has 1 atom stereocenters. The first-order valence-electron chi connectivity index (χ1n) is 11.7. The highest BCUT2D eigenvalue weighted by atomic mass is 19.4. The Morgan fingerprint density at radius 2 is 1.73 bits per heavy atom. The van der Waals surface area contributed by atoms with Crippen LogP contribution in [0.15, 0.2) is 59.4 Å². The highest BCUT2D eigenvalue weighted by Crippen LogP contribution is 2.42. The van der Waals surface area contributed by atoms with Crippen LogP contribution in [0.4, 0.5) is 13.2 Å². The molecule has 0 aliphatic carbocycles. The number of alkyl halides is 3. The van der Waals surface area contributed by atoms with Crippen molar-refractivity contribution in [3.8, 4) is 11.1 Å². The van der Waals surface area contributed by atoms with Gasteiger partial charge < -0.3 is 19.9 Å². The van der Waals surface area contributed by atoms with Crippen LogP contribution in [0.1, 0.15) is 16.7 Å². The minimum atomic E-state index is -4.79. The number of carboxylic acids is 1. The third-order valence-corrected chi connectivity index (χ3v) is 6.59. The summed E-state index contributed by atoms with van der Waals surface area (Å²) in [7, 11) is 6.67. The van der Waals surface area contributed by atoms with Crippen molar-refractivity contribution in [1.82, 2.24) is 14.8 Å². The fourth-order valence-electron chi connectivity index (χ4n) is 4.91. The van der Waals surface area contributed by atoms with E-state index in [0.717, 1.165) is 0 Å². The highest BCUT2D eigenvalue weighted by Gasteiger charge is 2.38. The standard InChI is InChI=1S/C28H28F3N3O3/c1-32-22(27(36)37)14-17-7-5-9-19-18(17)8-6-10-20(19)24-25(28(29,30)31)21-13-16(15-33(2)3)11-12-23(21)34(4)26(24)35/h5-13,22,32H,14-15H2,1-4H3,(H,36,37). The van der Waals surface area contributed by atoms with Crippen molar-refractivity contribution in [3.63, 3.8) is 0 Å². The Labute approximate surface area is 211 Å². The summed E-state index contributed by atoms with van der Waals surface area (Å²) in [5.41, 5.74) is -0.443. The van der Waals surface area contributed by atoms with E-state index >= 15 is 0 Å². The Hall–Kier alpha value is -3.69. The van der Waals surface area contributed by atoms with E-state index in [0.29, 0.717) is 28.4 Å². The second-order valence-electron chi connectivity index (χ2n) is 9.40. The number of nitrogens with zero attached hydrogens (tertiary/aromatic N) is 2. The molecule has 4 rings (SSSR count).